The van der Waals surface area contributed by atoms with Crippen LogP contribution in [0.3, 0.4) is 0 Å². The minimum Gasteiger partial charge on any atom is -0.320 e. The van der Waals surface area contributed by atoms with Crippen LogP contribution in [0.15, 0.2) is 36.5 Å². The number of pyridine rings is 1. The van der Waals surface area contributed by atoms with Crippen molar-refractivity contribution in [2.45, 2.75) is 0 Å². The lowest BCUT2D eigenvalue weighted by molar-refractivity contribution is -0.385. The number of nitrogens with one attached hydrogen (secondary N) is 1. The molecule has 0 aliphatic carbocycles. The lowest BCUT2D eigenvalue weighted by atomic mass is 10.1. The number of anilines is 1. The molecule has 0 atom stereocenters. The summed E-state index contributed by atoms with van der Waals surface area (Å²) in [6, 6.07) is 6.78. The van der Waals surface area contributed by atoms with Crippen LogP contribution in [0.25, 0.3) is 0 Å². The molecule has 0 aliphatic rings. The van der Waals surface area contributed by atoms with Gasteiger partial charge in [-0.2, -0.15) is 0 Å². The number of aromatic nitrogens is 1. The van der Waals surface area contributed by atoms with E-state index in [1.54, 1.807) is 0 Å². The van der Waals surface area contributed by atoms with E-state index >= 15 is 0 Å². The molecular formula is C12H7Cl2N3O3. The molecule has 0 saturated carbocycles. The van der Waals surface area contributed by atoms with Crippen LogP contribution < -0.4 is 5.32 Å². The standard InChI is InChI=1S/C12H7Cl2N3O3/c13-7-1-3-10(17(19)20)9(5-7)12(18)16-8-2-4-11(14)15-6-8/h1-6H,(H,16,18). The van der Waals surface area contributed by atoms with Gasteiger partial charge in [0.15, 0.2) is 0 Å². The number of carbonyl (C=O) groups is 1. The van der Waals surface area contributed by atoms with Crippen molar-refractivity contribution in [3.63, 3.8) is 0 Å². The van der Waals surface area contributed by atoms with Crippen molar-refractivity contribution in [1.29, 1.82) is 0 Å². The summed E-state index contributed by atoms with van der Waals surface area (Å²) >= 11 is 11.4. The molecule has 0 bridgehead atoms. The summed E-state index contributed by atoms with van der Waals surface area (Å²) in [6.45, 7) is 0. The first-order valence-corrected chi connectivity index (χ1v) is 6.10. The number of benzene rings is 1. The van der Waals surface area contributed by atoms with Gasteiger partial charge in [0.1, 0.15) is 10.7 Å². The summed E-state index contributed by atoms with van der Waals surface area (Å²) < 4.78 is 0. The highest BCUT2D eigenvalue weighted by atomic mass is 35.5. The lowest BCUT2D eigenvalue weighted by Gasteiger charge is -2.06. The van der Waals surface area contributed by atoms with Crippen molar-refractivity contribution in [2.24, 2.45) is 0 Å². The van der Waals surface area contributed by atoms with Gasteiger partial charge < -0.3 is 5.32 Å². The fraction of sp³-hybridized carbons (Fsp3) is 0. The smallest absolute Gasteiger partial charge is 0.282 e. The maximum Gasteiger partial charge on any atom is 0.282 e. The van der Waals surface area contributed by atoms with Gasteiger partial charge in [-0.1, -0.05) is 23.2 Å². The first-order valence-electron chi connectivity index (χ1n) is 5.34. The molecule has 2 aromatic rings. The monoisotopic (exact) mass is 311 g/mol. The fourth-order valence-corrected chi connectivity index (χ4v) is 1.78. The van der Waals surface area contributed by atoms with Gasteiger partial charge in [-0.05, 0) is 24.3 Å². The molecule has 0 radical (unpaired) electrons. The molecule has 1 heterocycles. The second kappa shape index (κ2) is 5.85. The highest BCUT2D eigenvalue weighted by Crippen LogP contribution is 2.23. The minimum atomic E-state index is -0.650. The Morgan fingerprint density at radius 2 is 2.00 bits per heavy atom. The molecule has 0 saturated heterocycles. The molecular weight excluding hydrogens is 305 g/mol. The van der Waals surface area contributed by atoms with Gasteiger partial charge >= 0.3 is 0 Å². The molecule has 1 amide bonds. The van der Waals surface area contributed by atoms with Gasteiger partial charge in [0.2, 0.25) is 0 Å². The maximum atomic E-state index is 12.0. The number of rotatable bonds is 3. The molecule has 1 aromatic heterocycles. The summed E-state index contributed by atoms with van der Waals surface area (Å²) in [6.07, 6.45) is 1.34. The molecule has 1 N–H and O–H groups in total. The van der Waals surface area contributed by atoms with Crippen molar-refractivity contribution >= 4 is 40.5 Å². The van der Waals surface area contributed by atoms with E-state index in [4.69, 9.17) is 23.2 Å². The highest BCUT2D eigenvalue weighted by Gasteiger charge is 2.20. The Kier molecular flexibility index (Phi) is 4.16. The fourth-order valence-electron chi connectivity index (χ4n) is 1.50. The Bertz CT molecular complexity index is 674. The van der Waals surface area contributed by atoms with Crippen LogP contribution in [0.1, 0.15) is 10.4 Å². The van der Waals surface area contributed by atoms with Crippen LogP contribution in [0.5, 0.6) is 0 Å². The summed E-state index contributed by atoms with van der Waals surface area (Å²) in [5, 5.41) is 13.9. The molecule has 2 rings (SSSR count). The Morgan fingerprint density at radius 1 is 1.25 bits per heavy atom. The van der Waals surface area contributed by atoms with Crippen LogP contribution in [0.2, 0.25) is 10.2 Å². The normalized spacial score (nSPS) is 10.1. The number of nitrogens with zero attached hydrogens (tertiary/aromatic N) is 2. The Morgan fingerprint density at radius 3 is 2.60 bits per heavy atom. The SMILES string of the molecule is O=C(Nc1ccc(Cl)nc1)c1cc(Cl)ccc1[N+](=O)[O-]. The average Bonchev–Trinajstić information content (AvgIpc) is 2.41. The van der Waals surface area contributed by atoms with E-state index in [9.17, 15) is 14.9 Å². The van der Waals surface area contributed by atoms with E-state index in [-0.39, 0.29) is 21.4 Å². The topological polar surface area (TPSA) is 85.1 Å². The van der Waals surface area contributed by atoms with Crippen LogP contribution in [0, 0.1) is 10.1 Å². The molecule has 102 valence electrons. The molecule has 20 heavy (non-hydrogen) atoms. The van der Waals surface area contributed by atoms with Crippen molar-refractivity contribution < 1.29 is 9.72 Å². The lowest BCUT2D eigenvalue weighted by Crippen LogP contribution is -2.14. The number of carbonyl (C=O) groups excluding carboxylic acids is 1. The van der Waals surface area contributed by atoms with E-state index < -0.39 is 10.8 Å². The van der Waals surface area contributed by atoms with Crippen molar-refractivity contribution in [2.75, 3.05) is 5.32 Å². The second-order valence-electron chi connectivity index (χ2n) is 3.74. The third-order valence-corrected chi connectivity index (χ3v) is 2.84. The Balaban J connectivity index is 2.31. The van der Waals surface area contributed by atoms with Gasteiger partial charge in [-0.3, -0.25) is 14.9 Å². The quantitative estimate of drug-likeness (QED) is 0.533. The largest absolute Gasteiger partial charge is 0.320 e. The van der Waals surface area contributed by atoms with Crippen LogP contribution in [-0.4, -0.2) is 15.8 Å². The number of amides is 1. The summed E-state index contributed by atoms with van der Waals surface area (Å²) in [4.78, 5) is 26.1. The van der Waals surface area contributed by atoms with Crippen LogP contribution in [-0.2, 0) is 0 Å². The Hall–Kier alpha value is -2.18. The van der Waals surface area contributed by atoms with Gasteiger partial charge in [0.05, 0.1) is 16.8 Å². The molecule has 8 heteroatoms. The van der Waals surface area contributed by atoms with Gasteiger partial charge in [0.25, 0.3) is 11.6 Å². The highest BCUT2D eigenvalue weighted by molar-refractivity contribution is 6.31. The number of nitro benzene ring substituents is 1. The summed E-state index contributed by atoms with van der Waals surface area (Å²) in [5.41, 5.74) is -0.0834. The molecule has 0 spiro atoms. The maximum absolute atomic E-state index is 12.0. The van der Waals surface area contributed by atoms with E-state index in [1.165, 1.54) is 36.5 Å². The van der Waals surface area contributed by atoms with Crippen LogP contribution in [0.4, 0.5) is 11.4 Å². The van der Waals surface area contributed by atoms with Crippen LogP contribution >= 0.6 is 23.2 Å². The van der Waals surface area contributed by atoms with Gasteiger partial charge in [-0.15, -0.1) is 0 Å². The Labute approximate surface area is 123 Å². The predicted octanol–water partition coefficient (Wildman–Crippen LogP) is 3.55. The van der Waals surface area contributed by atoms with E-state index in [1.807, 2.05) is 0 Å². The zero-order chi connectivity index (χ0) is 14.7. The van der Waals surface area contributed by atoms with E-state index in [2.05, 4.69) is 10.3 Å². The van der Waals surface area contributed by atoms with Crippen molar-refractivity contribution in [3.8, 4) is 0 Å². The van der Waals surface area contributed by atoms with E-state index in [0.717, 1.165) is 0 Å². The summed E-state index contributed by atoms with van der Waals surface area (Å²) in [5.74, 6) is -0.650. The molecule has 6 nitrogen and oxygen atoms in total. The first-order chi connectivity index (χ1) is 9.47. The molecule has 0 fully saturated rings. The number of halogens is 2. The number of hydrogen-bond donors (Lipinski definition) is 1. The van der Waals surface area contributed by atoms with Crippen molar-refractivity contribution in [3.05, 3.63) is 62.4 Å². The van der Waals surface area contributed by atoms with Gasteiger partial charge in [-0.25, -0.2) is 4.98 Å². The number of nitro groups is 1. The number of hydrogen-bond acceptors (Lipinski definition) is 4. The first kappa shape index (κ1) is 14.2. The molecule has 0 aliphatic heterocycles. The predicted molar refractivity (Wildman–Crippen MR) is 75.3 cm³/mol. The molecule has 1 aromatic carbocycles. The molecule has 0 unspecified atom stereocenters. The summed E-state index contributed by atoms with van der Waals surface area (Å²) in [7, 11) is 0. The zero-order valence-electron chi connectivity index (χ0n) is 9.84. The van der Waals surface area contributed by atoms with Crippen molar-refractivity contribution in [1.82, 2.24) is 4.98 Å². The van der Waals surface area contributed by atoms with Gasteiger partial charge in [0, 0.05) is 11.1 Å². The average molecular weight is 312 g/mol. The second-order valence-corrected chi connectivity index (χ2v) is 4.57. The third kappa shape index (κ3) is 3.23. The minimum absolute atomic E-state index is 0.127. The van der Waals surface area contributed by atoms with E-state index in [0.29, 0.717) is 5.69 Å². The third-order valence-electron chi connectivity index (χ3n) is 2.39. The zero-order valence-corrected chi connectivity index (χ0v) is 11.4.